The van der Waals surface area contributed by atoms with Gasteiger partial charge in [0.1, 0.15) is 5.69 Å². The molecule has 0 spiro atoms. The number of aryl methyl sites for hydroxylation is 2. The molecule has 0 radical (unpaired) electrons. The standard InChI is InChI=1S/C14H15BrN2OS/c1-3-17-14(11(15)8-16-17)12(18)9-19-13-7-5-4-6-10(13)2/h4-8H,3,9H2,1-2H3. The predicted molar refractivity (Wildman–Crippen MR) is 81.8 cm³/mol. The van der Waals surface area contributed by atoms with E-state index in [1.165, 1.54) is 5.56 Å². The predicted octanol–water partition coefficient (Wildman–Crippen LogP) is 3.95. The monoisotopic (exact) mass is 338 g/mol. The molecular formula is C14H15BrN2OS. The molecule has 0 bridgehead atoms. The van der Waals surface area contributed by atoms with Crippen molar-refractivity contribution in [1.82, 2.24) is 9.78 Å². The maximum atomic E-state index is 12.3. The summed E-state index contributed by atoms with van der Waals surface area (Å²) >= 11 is 4.96. The van der Waals surface area contributed by atoms with Crippen molar-refractivity contribution in [2.45, 2.75) is 25.3 Å². The number of rotatable bonds is 5. The van der Waals surface area contributed by atoms with Crippen molar-refractivity contribution in [3.63, 3.8) is 0 Å². The normalized spacial score (nSPS) is 10.7. The molecule has 0 aliphatic heterocycles. The average Bonchev–Trinajstić information content (AvgIpc) is 2.78. The van der Waals surface area contributed by atoms with Gasteiger partial charge in [-0.25, -0.2) is 0 Å². The second-order valence-electron chi connectivity index (χ2n) is 4.13. The fourth-order valence-electron chi connectivity index (χ4n) is 1.81. The Labute approximate surface area is 125 Å². The van der Waals surface area contributed by atoms with Crippen molar-refractivity contribution < 1.29 is 4.79 Å². The van der Waals surface area contributed by atoms with Gasteiger partial charge in [-0.1, -0.05) is 18.2 Å². The SMILES string of the molecule is CCn1ncc(Br)c1C(=O)CSc1ccccc1C. The molecule has 0 aliphatic rings. The van der Waals surface area contributed by atoms with Gasteiger partial charge in [0.15, 0.2) is 5.78 Å². The summed E-state index contributed by atoms with van der Waals surface area (Å²) in [5.41, 5.74) is 1.85. The number of carbonyl (C=O) groups excluding carboxylic acids is 1. The minimum Gasteiger partial charge on any atom is -0.291 e. The van der Waals surface area contributed by atoms with Crippen molar-refractivity contribution in [1.29, 1.82) is 0 Å². The molecular weight excluding hydrogens is 324 g/mol. The number of carbonyl (C=O) groups is 1. The molecule has 0 unspecified atom stereocenters. The molecule has 0 fully saturated rings. The van der Waals surface area contributed by atoms with Gasteiger partial charge in [0, 0.05) is 11.4 Å². The van der Waals surface area contributed by atoms with Gasteiger partial charge in [-0.3, -0.25) is 9.48 Å². The van der Waals surface area contributed by atoms with E-state index in [0.717, 1.165) is 9.37 Å². The quantitative estimate of drug-likeness (QED) is 0.611. The first-order valence-corrected chi connectivity index (χ1v) is 7.84. The Morgan fingerprint density at radius 1 is 1.42 bits per heavy atom. The van der Waals surface area contributed by atoms with Crippen LogP contribution in [0.4, 0.5) is 0 Å². The smallest absolute Gasteiger partial charge is 0.192 e. The van der Waals surface area contributed by atoms with E-state index in [2.05, 4.69) is 34.0 Å². The number of ketones is 1. The highest BCUT2D eigenvalue weighted by atomic mass is 79.9. The molecule has 5 heteroatoms. The van der Waals surface area contributed by atoms with Gasteiger partial charge in [-0.05, 0) is 41.4 Å². The third-order valence-electron chi connectivity index (χ3n) is 2.81. The highest BCUT2D eigenvalue weighted by molar-refractivity contribution is 9.10. The summed E-state index contributed by atoms with van der Waals surface area (Å²) in [7, 11) is 0. The molecule has 2 aromatic rings. The third kappa shape index (κ3) is 3.28. The Balaban J connectivity index is 2.10. The van der Waals surface area contributed by atoms with E-state index in [9.17, 15) is 4.79 Å². The summed E-state index contributed by atoms with van der Waals surface area (Å²) in [5.74, 6) is 0.522. The van der Waals surface area contributed by atoms with Crippen molar-refractivity contribution in [2.75, 3.05) is 5.75 Å². The number of hydrogen-bond acceptors (Lipinski definition) is 3. The number of Topliss-reactive ketones (excluding diaryl/α,β-unsaturated/α-hetero) is 1. The lowest BCUT2D eigenvalue weighted by atomic mass is 10.2. The lowest BCUT2D eigenvalue weighted by Gasteiger charge is -2.06. The van der Waals surface area contributed by atoms with E-state index in [4.69, 9.17) is 0 Å². The highest BCUT2D eigenvalue weighted by Gasteiger charge is 2.16. The number of halogens is 1. The largest absolute Gasteiger partial charge is 0.291 e. The van der Waals surface area contributed by atoms with Crippen LogP contribution < -0.4 is 0 Å². The second kappa shape index (κ2) is 6.39. The number of thioether (sulfide) groups is 1. The van der Waals surface area contributed by atoms with Crippen LogP contribution in [0.2, 0.25) is 0 Å². The van der Waals surface area contributed by atoms with Crippen LogP contribution in [0.25, 0.3) is 0 Å². The van der Waals surface area contributed by atoms with Crippen LogP contribution in [0.5, 0.6) is 0 Å². The first-order chi connectivity index (χ1) is 9.13. The van der Waals surface area contributed by atoms with Crippen LogP contribution in [0, 0.1) is 6.92 Å². The van der Waals surface area contributed by atoms with E-state index < -0.39 is 0 Å². The van der Waals surface area contributed by atoms with Crippen LogP contribution in [0.1, 0.15) is 23.0 Å². The van der Waals surface area contributed by atoms with Crippen LogP contribution >= 0.6 is 27.7 Å². The Hall–Kier alpha value is -1.07. The van der Waals surface area contributed by atoms with Gasteiger partial charge >= 0.3 is 0 Å². The zero-order chi connectivity index (χ0) is 13.8. The van der Waals surface area contributed by atoms with Crippen LogP contribution in [-0.2, 0) is 6.54 Å². The molecule has 0 saturated heterocycles. The van der Waals surface area contributed by atoms with E-state index >= 15 is 0 Å². The molecule has 0 amide bonds. The molecule has 0 N–H and O–H groups in total. The van der Waals surface area contributed by atoms with E-state index in [0.29, 0.717) is 18.0 Å². The fourth-order valence-corrected chi connectivity index (χ4v) is 3.22. The third-order valence-corrected chi connectivity index (χ3v) is 4.57. The van der Waals surface area contributed by atoms with E-state index in [-0.39, 0.29) is 5.78 Å². The number of benzene rings is 1. The molecule has 19 heavy (non-hydrogen) atoms. The maximum Gasteiger partial charge on any atom is 0.192 e. The second-order valence-corrected chi connectivity index (χ2v) is 6.01. The van der Waals surface area contributed by atoms with Crippen LogP contribution in [-0.4, -0.2) is 21.3 Å². The minimum atomic E-state index is 0.0967. The van der Waals surface area contributed by atoms with Gasteiger partial charge in [0.25, 0.3) is 0 Å². The summed E-state index contributed by atoms with van der Waals surface area (Å²) in [6, 6.07) is 8.09. The number of nitrogens with zero attached hydrogens (tertiary/aromatic N) is 2. The van der Waals surface area contributed by atoms with Gasteiger partial charge in [0.05, 0.1) is 16.4 Å². The molecule has 0 atom stereocenters. The first-order valence-electron chi connectivity index (χ1n) is 6.06. The van der Waals surface area contributed by atoms with Crippen LogP contribution in [0.3, 0.4) is 0 Å². The fraction of sp³-hybridized carbons (Fsp3) is 0.286. The summed E-state index contributed by atoms with van der Waals surface area (Å²) in [6.45, 7) is 4.73. The first kappa shape index (κ1) is 14.3. The van der Waals surface area contributed by atoms with E-state index in [1.54, 1.807) is 22.6 Å². The maximum absolute atomic E-state index is 12.3. The Morgan fingerprint density at radius 2 is 2.16 bits per heavy atom. The molecule has 0 aliphatic carbocycles. The van der Waals surface area contributed by atoms with Gasteiger partial charge in [0.2, 0.25) is 0 Å². The Bertz CT molecular complexity index is 595. The average molecular weight is 339 g/mol. The number of hydrogen-bond donors (Lipinski definition) is 0. The minimum absolute atomic E-state index is 0.0967. The van der Waals surface area contributed by atoms with Crippen molar-refractivity contribution >= 4 is 33.5 Å². The molecule has 1 heterocycles. The molecule has 1 aromatic carbocycles. The van der Waals surface area contributed by atoms with E-state index in [1.807, 2.05) is 25.1 Å². The van der Waals surface area contributed by atoms with Gasteiger partial charge in [-0.2, -0.15) is 5.10 Å². The topological polar surface area (TPSA) is 34.9 Å². The number of aromatic nitrogens is 2. The molecule has 100 valence electrons. The molecule has 0 saturated carbocycles. The Kier molecular flexibility index (Phi) is 4.82. The lowest BCUT2D eigenvalue weighted by Crippen LogP contribution is -2.12. The Morgan fingerprint density at radius 3 is 2.84 bits per heavy atom. The molecule has 3 nitrogen and oxygen atoms in total. The zero-order valence-electron chi connectivity index (χ0n) is 10.9. The molecule has 1 aromatic heterocycles. The van der Waals surface area contributed by atoms with Gasteiger partial charge in [-0.15, -0.1) is 11.8 Å². The summed E-state index contributed by atoms with van der Waals surface area (Å²) in [5, 5.41) is 4.17. The summed E-state index contributed by atoms with van der Waals surface area (Å²) in [6.07, 6.45) is 1.68. The molecule has 2 rings (SSSR count). The summed E-state index contributed by atoms with van der Waals surface area (Å²) in [4.78, 5) is 13.4. The van der Waals surface area contributed by atoms with Crippen molar-refractivity contribution in [2.24, 2.45) is 0 Å². The highest BCUT2D eigenvalue weighted by Crippen LogP contribution is 2.24. The van der Waals surface area contributed by atoms with Crippen molar-refractivity contribution in [3.05, 3.63) is 46.2 Å². The van der Waals surface area contributed by atoms with Crippen LogP contribution in [0.15, 0.2) is 39.8 Å². The lowest BCUT2D eigenvalue weighted by molar-refractivity contribution is 0.101. The zero-order valence-corrected chi connectivity index (χ0v) is 13.3. The summed E-state index contributed by atoms with van der Waals surface area (Å²) < 4.78 is 2.50. The van der Waals surface area contributed by atoms with Crippen molar-refractivity contribution in [3.8, 4) is 0 Å². The van der Waals surface area contributed by atoms with Gasteiger partial charge < -0.3 is 0 Å².